The van der Waals surface area contributed by atoms with Crippen LogP contribution in [0.3, 0.4) is 0 Å². The van der Waals surface area contributed by atoms with Gasteiger partial charge < -0.3 is 20.4 Å². The first-order valence-electron chi connectivity index (χ1n) is 12.8. The minimum atomic E-state index is -1.26. The van der Waals surface area contributed by atoms with Crippen LogP contribution in [0.15, 0.2) is 72.8 Å². The van der Waals surface area contributed by atoms with Crippen LogP contribution in [0.25, 0.3) is 0 Å². The molecule has 41 heavy (non-hydrogen) atoms. The van der Waals surface area contributed by atoms with Gasteiger partial charge in [0.1, 0.15) is 5.82 Å². The molecule has 0 spiro atoms. The summed E-state index contributed by atoms with van der Waals surface area (Å²) in [5.74, 6) is -4.82. The molecule has 0 radical (unpaired) electrons. The Bertz CT molecular complexity index is 1220. The molecular formula is C30H35FN2O8. The number of halogens is 1. The highest BCUT2D eigenvalue weighted by atomic mass is 19.1. The molecule has 10 nitrogen and oxygen atoms in total. The molecule has 0 saturated carbocycles. The molecule has 1 aliphatic heterocycles. The van der Waals surface area contributed by atoms with Crippen LogP contribution < -0.4 is 0 Å². The van der Waals surface area contributed by atoms with E-state index in [2.05, 4.69) is 55.0 Å². The molecule has 2 aliphatic rings. The van der Waals surface area contributed by atoms with Crippen LogP contribution in [0.1, 0.15) is 48.9 Å². The summed E-state index contributed by atoms with van der Waals surface area (Å²) in [6.07, 6.45) is 3.32. The number of hydrogen-bond acceptors (Lipinski definition) is 6. The van der Waals surface area contributed by atoms with Crippen molar-refractivity contribution < 1.29 is 44.0 Å². The van der Waals surface area contributed by atoms with Gasteiger partial charge in [-0.15, -0.1) is 0 Å². The van der Waals surface area contributed by atoms with Gasteiger partial charge in [0.25, 0.3) is 0 Å². The van der Waals surface area contributed by atoms with Crippen LogP contribution in [-0.4, -0.2) is 86.3 Å². The summed E-state index contributed by atoms with van der Waals surface area (Å²) in [7, 11) is 2.22. The van der Waals surface area contributed by atoms with E-state index in [9.17, 15) is 23.6 Å². The Morgan fingerprint density at radius 3 is 1.68 bits per heavy atom. The fraction of sp³-hybridized carbons (Fsp3) is 0.333. The number of fused-ring (bicyclic) bond motifs is 1. The van der Waals surface area contributed by atoms with E-state index in [-0.39, 0.29) is 11.4 Å². The van der Waals surface area contributed by atoms with E-state index < -0.39 is 23.9 Å². The number of benzene rings is 2. The Hall–Kier alpha value is -4.35. The van der Waals surface area contributed by atoms with Gasteiger partial charge >= 0.3 is 23.9 Å². The predicted molar refractivity (Wildman–Crippen MR) is 149 cm³/mol. The maximum Gasteiger partial charge on any atom is 0.328 e. The minimum absolute atomic E-state index is 0.160. The molecule has 1 heterocycles. The van der Waals surface area contributed by atoms with Crippen molar-refractivity contribution in [3.05, 3.63) is 95.3 Å². The summed E-state index contributed by atoms with van der Waals surface area (Å²) in [6.45, 7) is 7.95. The number of carbonyl (C=O) groups is 4. The molecule has 0 aromatic heterocycles. The largest absolute Gasteiger partial charge is 0.478 e. The van der Waals surface area contributed by atoms with Crippen LogP contribution in [0.4, 0.5) is 4.39 Å². The lowest BCUT2D eigenvalue weighted by Gasteiger charge is -2.47. The van der Waals surface area contributed by atoms with E-state index in [1.165, 1.54) is 16.7 Å². The highest BCUT2D eigenvalue weighted by Crippen LogP contribution is 2.47. The van der Waals surface area contributed by atoms with Crippen molar-refractivity contribution in [3.8, 4) is 0 Å². The van der Waals surface area contributed by atoms with Gasteiger partial charge in [0.05, 0.1) is 0 Å². The monoisotopic (exact) mass is 570 g/mol. The fourth-order valence-corrected chi connectivity index (χ4v) is 4.79. The summed E-state index contributed by atoms with van der Waals surface area (Å²) < 4.78 is 13.3. The van der Waals surface area contributed by atoms with Crippen molar-refractivity contribution in [2.45, 2.75) is 37.8 Å². The zero-order chi connectivity index (χ0) is 30.7. The number of piperazine rings is 1. The second-order valence-corrected chi connectivity index (χ2v) is 10.2. The van der Waals surface area contributed by atoms with E-state index in [1.54, 1.807) is 12.1 Å². The molecule has 4 N–H and O–H groups in total. The van der Waals surface area contributed by atoms with Crippen LogP contribution in [0.5, 0.6) is 0 Å². The average molecular weight is 571 g/mol. The van der Waals surface area contributed by atoms with Gasteiger partial charge in [-0.3, -0.25) is 9.80 Å². The van der Waals surface area contributed by atoms with E-state index >= 15 is 0 Å². The van der Waals surface area contributed by atoms with Crippen LogP contribution in [0, 0.1) is 5.82 Å². The Kier molecular flexibility index (Phi) is 11.9. The number of rotatable bonds is 6. The Balaban J connectivity index is 0.000000304. The van der Waals surface area contributed by atoms with Crippen LogP contribution in [-0.2, 0) is 19.2 Å². The van der Waals surface area contributed by atoms with Gasteiger partial charge in [-0.25, -0.2) is 23.6 Å². The molecule has 2 aromatic rings. The summed E-state index contributed by atoms with van der Waals surface area (Å²) >= 11 is 0. The van der Waals surface area contributed by atoms with Gasteiger partial charge in [0.15, 0.2) is 0 Å². The van der Waals surface area contributed by atoms with Crippen molar-refractivity contribution in [2.24, 2.45) is 0 Å². The first kappa shape index (κ1) is 32.9. The van der Waals surface area contributed by atoms with Gasteiger partial charge in [0.2, 0.25) is 0 Å². The zero-order valence-corrected chi connectivity index (χ0v) is 23.1. The summed E-state index contributed by atoms with van der Waals surface area (Å²) in [5, 5.41) is 31.2. The van der Waals surface area contributed by atoms with Crippen molar-refractivity contribution in [3.63, 3.8) is 0 Å². The van der Waals surface area contributed by atoms with Crippen LogP contribution in [0.2, 0.25) is 0 Å². The molecule has 0 amide bonds. The summed E-state index contributed by atoms with van der Waals surface area (Å²) in [5.41, 5.74) is 4.29. The molecule has 220 valence electrons. The Morgan fingerprint density at radius 2 is 1.24 bits per heavy atom. The number of nitrogens with zero attached hydrogens (tertiary/aromatic N) is 2. The summed E-state index contributed by atoms with van der Waals surface area (Å²) in [6, 6.07) is 16.4. The maximum absolute atomic E-state index is 13.3. The molecule has 4 rings (SSSR count). The van der Waals surface area contributed by atoms with E-state index in [1.807, 2.05) is 12.1 Å². The quantitative estimate of drug-likeness (QED) is 0.376. The van der Waals surface area contributed by atoms with E-state index in [0.717, 1.165) is 26.1 Å². The lowest BCUT2D eigenvalue weighted by Crippen LogP contribution is -2.58. The average Bonchev–Trinajstić information content (AvgIpc) is 3.29. The van der Waals surface area contributed by atoms with Crippen LogP contribution >= 0.6 is 0 Å². The smallest absolute Gasteiger partial charge is 0.328 e. The van der Waals surface area contributed by atoms with Gasteiger partial charge in [-0.1, -0.05) is 36.4 Å². The standard InChI is InChI=1S/C22H27FN2.2C4H4O4/c1-22(2)15-25(13-12-24(22)3)21-14-20(16-8-10-17(23)11-9-16)18-6-4-5-7-19(18)21;2*5-3(6)1-2-4(7)8/h4-11,20-21H,12-15H2,1-3H3;2*1-2H,(H,5,6)(H,7,8)/b;2*2-1-/t20-,21+;;/m0../s1. The second-order valence-electron chi connectivity index (χ2n) is 10.2. The highest BCUT2D eigenvalue weighted by Gasteiger charge is 2.40. The third kappa shape index (κ3) is 10.3. The molecular weight excluding hydrogens is 535 g/mol. The molecule has 2 atom stereocenters. The number of hydrogen-bond donors (Lipinski definition) is 4. The lowest BCUT2D eigenvalue weighted by molar-refractivity contribution is -0.134. The molecule has 1 aliphatic carbocycles. The third-order valence-electron chi connectivity index (χ3n) is 6.99. The van der Waals surface area contributed by atoms with Crippen molar-refractivity contribution in [1.29, 1.82) is 0 Å². The number of likely N-dealkylation sites (N-methyl/N-ethyl adjacent to an activating group) is 1. The molecule has 2 aromatic carbocycles. The lowest BCUT2D eigenvalue weighted by atomic mass is 9.93. The Morgan fingerprint density at radius 1 is 0.780 bits per heavy atom. The second kappa shape index (κ2) is 14.9. The normalized spacial score (nSPS) is 19.9. The summed E-state index contributed by atoms with van der Waals surface area (Å²) in [4.78, 5) is 43.3. The fourth-order valence-electron chi connectivity index (χ4n) is 4.79. The molecule has 0 unspecified atom stereocenters. The molecule has 0 bridgehead atoms. The molecule has 1 fully saturated rings. The van der Waals surface area contributed by atoms with Gasteiger partial charge in [-0.2, -0.15) is 0 Å². The first-order valence-corrected chi connectivity index (χ1v) is 12.8. The molecule has 11 heteroatoms. The van der Waals surface area contributed by atoms with Gasteiger partial charge in [-0.05, 0) is 56.1 Å². The zero-order valence-electron chi connectivity index (χ0n) is 23.1. The van der Waals surface area contributed by atoms with E-state index in [4.69, 9.17) is 20.4 Å². The SMILES string of the molecule is CN1CCN([C@@H]2C[C@@H](c3ccc(F)cc3)c3ccccc32)CC1(C)C.O=C(O)/C=C\C(=O)O.O=C(O)/C=C\C(=O)O. The number of carboxylic acid groups (broad SMARTS) is 4. The number of carboxylic acids is 4. The van der Waals surface area contributed by atoms with Crippen molar-refractivity contribution in [2.75, 3.05) is 26.7 Å². The predicted octanol–water partition coefficient (Wildman–Crippen LogP) is 3.85. The van der Waals surface area contributed by atoms with Gasteiger partial charge in [0, 0.05) is 61.4 Å². The molecule has 1 saturated heterocycles. The Labute approximate surface area is 237 Å². The number of aliphatic carboxylic acids is 4. The minimum Gasteiger partial charge on any atom is -0.478 e. The van der Waals surface area contributed by atoms with Crippen molar-refractivity contribution >= 4 is 23.9 Å². The topological polar surface area (TPSA) is 156 Å². The highest BCUT2D eigenvalue weighted by molar-refractivity contribution is 5.90. The first-order chi connectivity index (χ1) is 19.2. The van der Waals surface area contributed by atoms with E-state index in [0.29, 0.717) is 36.3 Å². The third-order valence-corrected chi connectivity index (χ3v) is 6.99. The maximum atomic E-state index is 13.3. The van der Waals surface area contributed by atoms with Crippen molar-refractivity contribution in [1.82, 2.24) is 9.80 Å².